The first-order valence-corrected chi connectivity index (χ1v) is 4.98. The number of unbranched alkanes of at least 4 members (excludes halogenated alkanes) is 1. The van der Waals surface area contributed by atoms with Crippen molar-refractivity contribution < 1.29 is 9.53 Å². The minimum Gasteiger partial charge on any atom is -0.448 e. The van der Waals surface area contributed by atoms with E-state index in [4.69, 9.17) is 4.74 Å². The first-order valence-electron chi connectivity index (χ1n) is 3.93. The Morgan fingerprint density at radius 1 is 1.83 bits per heavy atom. The number of carbonyl (C=O) groups excluding carboxylic acids is 1. The zero-order valence-electron chi connectivity index (χ0n) is 7.02. The van der Waals surface area contributed by atoms with Crippen LogP contribution in [0.5, 0.6) is 0 Å². The summed E-state index contributed by atoms with van der Waals surface area (Å²) in [7, 11) is 0. The quantitative estimate of drug-likeness (QED) is 0.635. The molecule has 0 unspecified atom stereocenters. The normalized spacial score (nSPS) is 15.2. The zero-order valence-corrected chi connectivity index (χ0v) is 7.84. The van der Waals surface area contributed by atoms with Gasteiger partial charge in [0.2, 0.25) is 0 Å². The van der Waals surface area contributed by atoms with Crippen molar-refractivity contribution in [2.24, 2.45) is 5.10 Å². The fourth-order valence-corrected chi connectivity index (χ4v) is 1.27. The molecule has 0 N–H and O–H groups in total. The Balaban J connectivity index is 2.14. The van der Waals surface area contributed by atoms with E-state index in [2.05, 4.69) is 12.0 Å². The summed E-state index contributed by atoms with van der Waals surface area (Å²) < 4.78 is 4.93. The molecule has 0 aromatic rings. The van der Waals surface area contributed by atoms with Gasteiger partial charge in [0.15, 0.2) is 0 Å². The number of hydrogen-bond donors (Lipinski definition) is 0. The number of amides is 1. The van der Waals surface area contributed by atoms with Gasteiger partial charge in [0.05, 0.1) is 18.0 Å². The van der Waals surface area contributed by atoms with Crippen molar-refractivity contribution in [2.75, 3.05) is 12.5 Å². The second-order valence-electron chi connectivity index (χ2n) is 2.38. The Labute approximate surface area is 75.9 Å². The van der Waals surface area contributed by atoms with E-state index in [1.165, 1.54) is 16.8 Å². The number of hydrazone groups is 1. The van der Waals surface area contributed by atoms with E-state index in [0.717, 1.165) is 12.8 Å². The fraction of sp³-hybridized carbons (Fsp3) is 0.714. The maximum absolute atomic E-state index is 11.1. The smallest absolute Gasteiger partial charge is 0.431 e. The van der Waals surface area contributed by atoms with Crippen molar-refractivity contribution in [1.82, 2.24) is 5.01 Å². The summed E-state index contributed by atoms with van der Waals surface area (Å²) in [6, 6.07) is 0. The number of hydrogen-bond acceptors (Lipinski definition) is 4. The van der Waals surface area contributed by atoms with Gasteiger partial charge < -0.3 is 4.74 Å². The predicted molar refractivity (Wildman–Crippen MR) is 49.0 cm³/mol. The molecule has 0 spiro atoms. The molecule has 1 rings (SSSR count). The predicted octanol–water partition coefficient (Wildman–Crippen LogP) is 1.87. The Kier molecular flexibility index (Phi) is 3.93. The maximum atomic E-state index is 11.1. The molecule has 0 fully saturated rings. The van der Waals surface area contributed by atoms with E-state index in [-0.39, 0.29) is 6.09 Å². The summed E-state index contributed by atoms with van der Waals surface area (Å²) in [5.74, 6) is 0.574. The molecular weight excluding hydrogens is 176 g/mol. The largest absolute Gasteiger partial charge is 0.448 e. The van der Waals surface area contributed by atoms with Gasteiger partial charge in [-0.05, 0) is 6.42 Å². The third-order valence-electron chi connectivity index (χ3n) is 1.39. The van der Waals surface area contributed by atoms with Crippen molar-refractivity contribution >= 4 is 23.4 Å². The highest BCUT2D eigenvalue weighted by molar-refractivity contribution is 8.12. The molecule has 1 heterocycles. The molecule has 0 bridgehead atoms. The van der Waals surface area contributed by atoms with Crippen molar-refractivity contribution in [2.45, 2.75) is 19.8 Å². The lowest BCUT2D eigenvalue weighted by Gasteiger charge is -2.10. The highest BCUT2D eigenvalue weighted by atomic mass is 32.2. The van der Waals surface area contributed by atoms with Crippen molar-refractivity contribution in [1.29, 1.82) is 0 Å². The Morgan fingerprint density at radius 2 is 2.67 bits per heavy atom. The molecule has 1 aliphatic heterocycles. The highest BCUT2D eigenvalue weighted by Crippen LogP contribution is 2.10. The Hall–Kier alpha value is -0.710. The van der Waals surface area contributed by atoms with Crippen LogP contribution in [-0.4, -0.2) is 29.1 Å². The maximum Gasteiger partial charge on any atom is 0.431 e. The lowest BCUT2D eigenvalue weighted by molar-refractivity contribution is 0.110. The lowest BCUT2D eigenvalue weighted by Crippen LogP contribution is -2.23. The SMILES string of the molecule is CCCCOC(=O)N1CSC=N1. The van der Waals surface area contributed by atoms with Gasteiger partial charge in [-0.15, -0.1) is 0 Å². The molecule has 0 aromatic heterocycles. The summed E-state index contributed by atoms with van der Waals surface area (Å²) in [6.07, 6.45) is 1.60. The van der Waals surface area contributed by atoms with E-state index in [0.29, 0.717) is 12.5 Å². The topological polar surface area (TPSA) is 41.9 Å². The van der Waals surface area contributed by atoms with E-state index in [1.807, 2.05) is 0 Å². The van der Waals surface area contributed by atoms with Crippen LogP contribution in [0.2, 0.25) is 0 Å². The van der Waals surface area contributed by atoms with Gasteiger partial charge in [0.1, 0.15) is 0 Å². The highest BCUT2D eigenvalue weighted by Gasteiger charge is 2.16. The van der Waals surface area contributed by atoms with Crippen LogP contribution in [0.25, 0.3) is 0 Å². The Bertz CT molecular complexity index is 184. The molecule has 4 nitrogen and oxygen atoms in total. The molecule has 0 radical (unpaired) electrons. The molecular formula is C7H12N2O2S. The van der Waals surface area contributed by atoms with Gasteiger partial charge in [-0.2, -0.15) is 10.1 Å². The standard InChI is InChI=1S/C7H12N2O2S/c1-2-3-4-11-7(10)9-6-12-5-8-9/h5H,2-4,6H2,1H3. The van der Waals surface area contributed by atoms with Crippen LogP contribution in [0.15, 0.2) is 5.10 Å². The average molecular weight is 188 g/mol. The van der Waals surface area contributed by atoms with E-state index in [1.54, 1.807) is 5.55 Å². The molecule has 1 amide bonds. The molecule has 0 aliphatic carbocycles. The third-order valence-corrected chi connectivity index (χ3v) is 2.03. The third kappa shape index (κ3) is 2.73. The average Bonchev–Trinajstić information content (AvgIpc) is 2.56. The molecule has 12 heavy (non-hydrogen) atoms. The molecule has 0 atom stereocenters. The van der Waals surface area contributed by atoms with Gasteiger partial charge in [0.25, 0.3) is 0 Å². The summed E-state index contributed by atoms with van der Waals surface area (Å²) in [5.41, 5.74) is 1.64. The number of thioether (sulfide) groups is 1. The van der Waals surface area contributed by atoms with Gasteiger partial charge >= 0.3 is 6.09 Å². The summed E-state index contributed by atoms with van der Waals surface area (Å²) in [4.78, 5) is 11.1. The minimum absolute atomic E-state index is 0.343. The first kappa shape index (κ1) is 9.38. The fourth-order valence-electron chi connectivity index (χ4n) is 0.706. The number of nitrogens with zero attached hydrogens (tertiary/aromatic N) is 2. The number of ether oxygens (including phenoxy) is 1. The van der Waals surface area contributed by atoms with Crippen LogP contribution in [0.4, 0.5) is 4.79 Å². The number of carbonyl (C=O) groups is 1. The second kappa shape index (κ2) is 5.03. The number of rotatable bonds is 3. The summed E-state index contributed by atoms with van der Waals surface area (Å²) in [6.45, 7) is 2.55. The Morgan fingerprint density at radius 3 is 3.25 bits per heavy atom. The monoisotopic (exact) mass is 188 g/mol. The molecule has 0 saturated heterocycles. The van der Waals surface area contributed by atoms with Crippen LogP contribution in [0.3, 0.4) is 0 Å². The first-order chi connectivity index (χ1) is 5.84. The van der Waals surface area contributed by atoms with Crippen LogP contribution >= 0.6 is 11.8 Å². The van der Waals surface area contributed by atoms with Gasteiger partial charge in [-0.25, -0.2) is 4.79 Å². The zero-order chi connectivity index (χ0) is 8.81. The van der Waals surface area contributed by atoms with Gasteiger partial charge in [-0.1, -0.05) is 25.1 Å². The van der Waals surface area contributed by atoms with Crippen molar-refractivity contribution in [3.63, 3.8) is 0 Å². The minimum atomic E-state index is -0.343. The molecule has 5 heteroatoms. The van der Waals surface area contributed by atoms with Crippen LogP contribution in [0, 0.1) is 0 Å². The van der Waals surface area contributed by atoms with E-state index < -0.39 is 0 Å². The van der Waals surface area contributed by atoms with Gasteiger partial charge in [0, 0.05) is 0 Å². The van der Waals surface area contributed by atoms with Crippen molar-refractivity contribution in [3.05, 3.63) is 0 Å². The van der Waals surface area contributed by atoms with E-state index in [9.17, 15) is 4.79 Å². The molecule has 68 valence electrons. The molecule has 0 saturated carbocycles. The van der Waals surface area contributed by atoms with Crippen LogP contribution in [-0.2, 0) is 4.74 Å². The van der Waals surface area contributed by atoms with Gasteiger partial charge in [-0.3, -0.25) is 0 Å². The summed E-state index contributed by atoms with van der Waals surface area (Å²) >= 11 is 1.48. The lowest BCUT2D eigenvalue weighted by atomic mass is 10.4. The van der Waals surface area contributed by atoms with Crippen LogP contribution < -0.4 is 0 Å². The van der Waals surface area contributed by atoms with E-state index >= 15 is 0 Å². The summed E-state index contributed by atoms with van der Waals surface area (Å²) in [5, 5.41) is 5.13. The van der Waals surface area contributed by atoms with Crippen LogP contribution in [0.1, 0.15) is 19.8 Å². The molecule has 0 aromatic carbocycles. The van der Waals surface area contributed by atoms with Crippen molar-refractivity contribution in [3.8, 4) is 0 Å². The second-order valence-corrected chi connectivity index (χ2v) is 3.19. The molecule has 1 aliphatic rings.